The molecule has 0 atom stereocenters. The Bertz CT molecular complexity index is 379. The van der Waals surface area contributed by atoms with E-state index in [1.807, 2.05) is 6.92 Å². The molecule has 0 radical (unpaired) electrons. The molecule has 0 amide bonds. The highest BCUT2D eigenvalue weighted by Gasteiger charge is 2.36. The van der Waals surface area contributed by atoms with Gasteiger partial charge in [0.25, 0.3) is 0 Å². The number of aliphatic hydroxyl groups is 1. The molecular formula is C12H21N3OS. The molecule has 17 heavy (non-hydrogen) atoms. The van der Waals surface area contributed by atoms with E-state index in [9.17, 15) is 5.11 Å². The van der Waals surface area contributed by atoms with Crippen molar-refractivity contribution in [3.8, 4) is 0 Å². The molecule has 2 rings (SSSR count). The number of aromatic nitrogens is 2. The summed E-state index contributed by atoms with van der Waals surface area (Å²) in [4.78, 5) is 0. The number of nitrogens with zero attached hydrogens (tertiary/aromatic N) is 2. The Morgan fingerprint density at radius 2 is 1.88 bits per heavy atom. The van der Waals surface area contributed by atoms with E-state index in [-0.39, 0.29) is 0 Å². The summed E-state index contributed by atoms with van der Waals surface area (Å²) in [7, 11) is 0. The van der Waals surface area contributed by atoms with Gasteiger partial charge in [-0.1, -0.05) is 25.2 Å². The fourth-order valence-corrected chi connectivity index (χ4v) is 2.76. The van der Waals surface area contributed by atoms with Crippen LogP contribution in [0.2, 0.25) is 0 Å². The van der Waals surface area contributed by atoms with E-state index in [1.54, 1.807) is 0 Å². The minimum Gasteiger partial charge on any atom is -0.388 e. The van der Waals surface area contributed by atoms with Crippen molar-refractivity contribution in [2.45, 2.75) is 52.1 Å². The second-order valence-corrected chi connectivity index (χ2v) is 7.05. The van der Waals surface area contributed by atoms with Crippen LogP contribution in [-0.4, -0.2) is 27.4 Å². The summed E-state index contributed by atoms with van der Waals surface area (Å²) in [6, 6.07) is 0. The number of rotatable bonds is 3. The first-order chi connectivity index (χ1) is 7.89. The minimum atomic E-state index is -0.574. The fourth-order valence-electron chi connectivity index (χ4n) is 2.18. The summed E-state index contributed by atoms with van der Waals surface area (Å²) in [6.07, 6.45) is 3.90. The summed E-state index contributed by atoms with van der Waals surface area (Å²) in [5.41, 5.74) is -0.194. The molecule has 1 saturated carbocycles. The van der Waals surface area contributed by atoms with Crippen LogP contribution in [0, 0.1) is 12.3 Å². The van der Waals surface area contributed by atoms with E-state index < -0.39 is 5.60 Å². The third-order valence-corrected chi connectivity index (χ3v) is 4.43. The number of hydrogen-bond acceptors (Lipinski definition) is 5. The van der Waals surface area contributed by atoms with Crippen molar-refractivity contribution in [1.82, 2.24) is 10.2 Å². The second-order valence-electron chi connectivity index (χ2n) is 5.87. The Morgan fingerprint density at radius 1 is 1.24 bits per heavy atom. The van der Waals surface area contributed by atoms with E-state index in [1.165, 1.54) is 11.3 Å². The number of aryl methyl sites for hydroxylation is 1. The lowest BCUT2D eigenvalue weighted by Gasteiger charge is -2.40. The van der Waals surface area contributed by atoms with Gasteiger partial charge in [0.05, 0.1) is 5.60 Å². The highest BCUT2D eigenvalue weighted by atomic mass is 32.1. The van der Waals surface area contributed by atoms with Gasteiger partial charge in [-0.2, -0.15) is 0 Å². The van der Waals surface area contributed by atoms with Gasteiger partial charge in [0.2, 0.25) is 5.13 Å². The molecule has 5 heteroatoms. The van der Waals surface area contributed by atoms with E-state index in [2.05, 4.69) is 29.4 Å². The Labute approximate surface area is 106 Å². The van der Waals surface area contributed by atoms with Gasteiger partial charge in [0, 0.05) is 6.54 Å². The van der Waals surface area contributed by atoms with Gasteiger partial charge in [-0.15, -0.1) is 10.2 Å². The zero-order chi connectivity index (χ0) is 12.5. The average Bonchev–Trinajstić information content (AvgIpc) is 2.67. The van der Waals surface area contributed by atoms with Crippen LogP contribution in [0.4, 0.5) is 5.13 Å². The molecule has 1 fully saturated rings. The van der Waals surface area contributed by atoms with Crippen LogP contribution in [0.3, 0.4) is 0 Å². The molecule has 1 aliphatic carbocycles. The third-order valence-electron chi connectivity index (χ3n) is 3.63. The molecule has 0 aromatic carbocycles. The predicted octanol–water partition coefficient (Wildman–Crippen LogP) is 2.59. The summed E-state index contributed by atoms with van der Waals surface area (Å²) in [5.74, 6) is 0. The first kappa shape index (κ1) is 12.8. The maximum Gasteiger partial charge on any atom is 0.205 e. The first-order valence-electron chi connectivity index (χ1n) is 6.15. The van der Waals surface area contributed by atoms with Crippen LogP contribution in [0.5, 0.6) is 0 Å². The molecule has 1 aliphatic rings. The summed E-state index contributed by atoms with van der Waals surface area (Å²) in [6.45, 7) is 7.06. The molecule has 4 nitrogen and oxygen atoms in total. The molecule has 0 aliphatic heterocycles. The van der Waals surface area contributed by atoms with Gasteiger partial charge in [-0.3, -0.25) is 0 Å². The molecule has 96 valence electrons. The molecule has 1 heterocycles. The molecule has 0 spiro atoms. The van der Waals surface area contributed by atoms with Gasteiger partial charge in [-0.05, 0) is 38.0 Å². The Morgan fingerprint density at radius 3 is 2.41 bits per heavy atom. The van der Waals surface area contributed by atoms with Gasteiger partial charge >= 0.3 is 0 Å². The number of nitrogens with one attached hydrogen (secondary N) is 1. The maximum atomic E-state index is 10.5. The largest absolute Gasteiger partial charge is 0.388 e. The van der Waals surface area contributed by atoms with Crippen molar-refractivity contribution in [2.24, 2.45) is 5.41 Å². The molecular weight excluding hydrogens is 234 g/mol. The second kappa shape index (κ2) is 4.53. The van der Waals surface area contributed by atoms with Gasteiger partial charge in [0.15, 0.2) is 0 Å². The van der Waals surface area contributed by atoms with E-state index >= 15 is 0 Å². The van der Waals surface area contributed by atoms with Crippen LogP contribution >= 0.6 is 11.3 Å². The van der Waals surface area contributed by atoms with Crippen LogP contribution in [0.1, 0.15) is 44.5 Å². The molecule has 0 saturated heterocycles. The molecule has 0 bridgehead atoms. The van der Waals surface area contributed by atoms with Crippen molar-refractivity contribution in [3.05, 3.63) is 5.01 Å². The van der Waals surface area contributed by atoms with E-state index in [4.69, 9.17) is 0 Å². The molecule has 2 N–H and O–H groups in total. The maximum absolute atomic E-state index is 10.5. The third kappa shape index (κ3) is 3.39. The van der Waals surface area contributed by atoms with Crippen molar-refractivity contribution in [3.63, 3.8) is 0 Å². The van der Waals surface area contributed by atoms with E-state index in [0.29, 0.717) is 12.0 Å². The smallest absolute Gasteiger partial charge is 0.205 e. The topological polar surface area (TPSA) is 58.0 Å². The van der Waals surface area contributed by atoms with Gasteiger partial charge in [-0.25, -0.2) is 0 Å². The quantitative estimate of drug-likeness (QED) is 0.871. The zero-order valence-electron chi connectivity index (χ0n) is 10.8. The van der Waals surface area contributed by atoms with Crippen molar-refractivity contribution >= 4 is 16.5 Å². The average molecular weight is 255 g/mol. The predicted molar refractivity (Wildman–Crippen MR) is 70.3 cm³/mol. The van der Waals surface area contributed by atoms with Crippen LogP contribution in [0.25, 0.3) is 0 Å². The minimum absolute atomic E-state index is 0.381. The van der Waals surface area contributed by atoms with Crippen LogP contribution in [0.15, 0.2) is 0 Å². The highest BCUT2D eigenvalue weighted by molar-refractivity contribution is 7.15. The highest BCUT2D eigenvalue weighted by Crippen LogP contribution is 2.40. The zero-order valence-corrected chi connectivity index (χ0v) is 11.6. The molecule has 1 aromatic rings. The van der Waals surface area contributed by atoms with Crippen LogP contribution in [-0.2, 0) is 0 Å². The van der Waals surface area contributed by atoms with Crippen LogP contribution < -0.4 is 5.32 Å². The Hall–Kier alpha value is -0.680. The van der Waals surface area contributed by atoms with Gasteiger partial charge in [0.1, 0.15) is 5.01 Å². The first-order valence-corrected chi connectivity index (χ1v) is 6.97. The lowest BCUT2D eigenvalue weighted by atomic mass is 9.71. The SMILES string of the molecule is Cc1nnc(NCC2(O)CCC(C)(C)CC2)s1. The lowest BCUT2D eigenvalue weighted by Crippen LogP contribution is -2.42. The van der Waals surface area contributed by atoms with Gasteiger partial charge < -0.3 is 10.4 Å². The molecule has 0 unspecified atom stereocenters. The Kier molecular flexibility index (Phi) is 3.41. The standard InChI is InChI=1S/C12H21N3OS/c1-9-14-15-10(17-9)13-8-12(16)6-4-11(2,3)5-7-12/h16H,4-8H2,1-3H3,(H,13,15). The van der Waals surface area contributed by atoms with Crippen molar-refractivity contribution in [2.75, 3.05) is 11.9 Å². The summed E-state index contributed by atoms with van der Waals surface area (Å²) < 4.78 is 0. The lowest BCUT2D eigenvalue weighted by molar-refractivity contribution is -0.0145. The van der Waals surface area contributed by atoms with Crippen molar-refractivity contribution < 1.29 is 5.11 Å². The number of hydrogen-bond donors (Lipinski definition) is 2. The Balaban J connectivity index is 1.87. The van der Waals surface area contributed by atoms with Crippen molar-refractivity contribution in [1.29, 1.82) is 0 Å². The molecule has 1 aromatic heterocycles. The summed E-state index contributed by atoms with van der Waals surface area (Å²) in [5, 5.41) is 23.4. The summed E-state index contributed by atoms with van der Waals surface area (Å²) >= 11 is 1.53. The monoisotopic (exact) mass is 255 g/mol. The fraction of sp³-hybridized carbons (Fsp3) is 0.833. The normalized spacial score (nSPS) is 22.4. The van der Waals surface area contributed by atoms with E-state index in [0.717, 1.165) is 35.8 Å². The number of anilines is 1.